The molecule has 2 bridgehead atoms. The zero-order valence-corrected chi connectivity index (χ0v) is 23.5. The molecule has 8 heteroatoms. The van der Waals surface area contributed by atoms with Crippen molar-refractivity contribution in [2.75, 3.05) is 10.3 Å². The molecule has 0 unspecified atom stereocenters. The summed E-state index contributed by atoms with van der Waals surface area (Å²) in [6.45, 7) is 1.89. The van der Waals surface area contributed by atoms with Crippen molar-refractivity contribution in [3.63, 3.8) is 0 Å². The second-order valence-electron chi connectivity index (χ2n) is 10.8. The van der Waals surface area contributed by atoms with Crippen LogP contribution in [0.15, 0.2) is 96.1 Å². The van der Waals surface area contributed by atoms with Crippen molar-refractivity contribution in [3.05, 3.63) is 124 Å². The van der Waals surface area contributed by atoms with Gasteiger partial charge in [0, 0.05) is 17.2 Å². The third-order valence-electron chi connectivity index (χ3n) is 8.82. The normalized spacial score (nSPS) is 24.1. The molecule has 4 aliphatic rings. The van der Waals surface area contributed by atoms with E-state index in [4.69, 9.17) is 16.7 Å². The largest absolute Gasteiger partial charge is 0.274 e. The summed E-state index contributed by atoms with van der Waals surface area (Å²) in [5.41, 5.74) is 8.56. The summed E-state index contributed by atoms with van der Waals surface area (Å²) in [5.74, 6) is -1.90. The molecular weight excluding hydrogens is 552 g/mol. The van der Waals surface area contributed by atoms with Crippen LogP contribution in [0.5, 0.6) is 0 Å². The lowest BCUT2D eigenvalue weighted by molar-refractivity contribution is -0.122. The van der Waals surface area contributed by atoms with E-state index >= 15 is 0 Å². The van der Waals surface area contributed by atoms with Crippen LogP contribution in [0, 0.1) is 18.8 Å². The number of halogens is 1. The summed E-state index contributed by atoms with van der Waals surface area (Å²) in [6.07, 6.45) is 1.84. The molecule has 5 aromatic rings. The molecule has 1 aromatic heterocycles. The van der Waals surface area contributed by atoms with Gasteiger partial charge in [-0.3, -0.25) is 15.0 Å². The molecule has 4 aromatic carbocycles. The Balaban J connectivity index is 1.33. The van der Waals surface area contributed by atoms with E-state index in [0.29, 0.717) is 15.8 Å². The van der Waals surface area contributed by atoms with E-state index in [1.165, 1.54) is 16.2 Å². The number of fused-ring (bicyclic) bond motifs is 1. The van der Waals surface area contributed by atoms with Gasteiger partial charge in [0.1, 0.15) is 0 Å². The maximum Gasteiger partial charge on any atom is 0.239 e. The van der Waals surface area contributed by atoms with E-state index in [1.807, 2.05) is 67.7 Å². The third kappa shape index (κ3) is 3.30. The number of thiazole rings is 1. The first-order chi connectivity index (χ1) is 20.0. The summed E-state index contributed by atoms with van der Waals surface area (Å²) >= 11 is 7.87. The highest BCUT2D eigenvalue weighted by atomic mass is 35.5. The standard InChI is InChI=1S/C33H23ClN4O2S/c1-18-14-15-19(34)16-25(18)38-30(39)28-27-20-8-2-4-10-22(20)33(29(28)31(38)40,23-11-5-3-9-21(23)27)17-35-37-32-36-24-12-6-7-13-26(24)41-32/h2-17,27-29H,1H3,(H,36,37)/b35-17-/t27?,28-,29-,33?/m0/s1. The number of nitrogens with zero attached hydrogens (tertiary/aromatic N) is 3. The van der Waals surface area contributed by atoms with Gasteiger partial charge in [-0.2, -0.15) is 5.10 Å². The lowest BCUT2D eigenvalue weighted by atomic mass is 9.47. The van der Waals surface area contributed by atoms with Gasteiger partial charge in [0.05, 0.1) is 33.2 Å². The number of anilines is 2. The van der Waals surface area contributed by atoms with Gasteiger partial charge in [-0.15, -0.1) is 0 Å². The van der Waals surface area contributed by atoms with Crippen LogP contribution in [0.25, 0.3) is 10.2 Å². The number of hydrazone groups is 1. The molecule has 9 rings (SSSR count). The number of aromatic nitrogens is 1. The van der Waals surface area contributed by atoms with E-state index in [0.717, 1.165) is 38.0 Å². The lowest BCUT2D eigenvalue weighted by Crippen LogP contribution is -2.54. The van der Waals surface area contributed by atoms with Gasteiger partial charge in [-0.25, -0.2) is 9.88 Å². The Kier molecular flexibility index (Phi) is 5.27. The number of carbonyl (C=O) groups is 2. The van der Waals surface area contributed by atoms with E-state index in [-0.39, 0.29) is 17.7 Å². The topological polar surface area (TPSA) is 74.7 Å². The zero-order chi connectivity index (χ0) is 27.9. The first-order valence-corrected chi connectivity index (χ1v) is 14.7. The number of amides is 2. The van der Waals surface area contributed by atoms with Gasteiger partial charge >= 0.3 is 0 Å². The summed E-state index contributed by atoms with van der Waals surface area (Å²) in [6, 6.07) is 29.6. The number of para-hydroxylation sites is 1. The van der Waals surface area contributed by atoms with Crippen molar-refractivity contribution in [1.29, 1.82) is 0 Å². The molecule has 1 saturated heterocycles. The number of aryl methyl sites for hydroxylation is 1. The van der Waals surface area contributed by atoms with Crippen LogP contribution in [0.4, 0.5) is 10.8 Å². The highest BCUT2D eigenvalue weighted by molar-refractivity contribution is 7.22. The van der Waals surface area contributed by atoms with E-state index < -0.39 is 17.3 Å². The summed E-state index contributed by atoms with van der Waals surface area (Å²) in [4.78, 5) is 34.9. The van der Waals surface area contributed by atoms with Crippen molar-refractivity contribution in [1.82, 2.24) is 4.98 Å². The second-order valence-corrected chi connectivity index (χ2v) is 12.3. The Bertz CT molecular complexity index is 1870. The first-order valence-electron chi connectivity index (χ1n) is 13.5. The van der Waals surface area contributed by atoms with Crippen molar-refractivity contribution in [3.8, 4) is 0 Å². The van der Waals surface area contributed by atoms with Crippen LogP contribution in [-0.4, -0.2) is 23.0 Å². The number of hydrogen-bond acceptors (Lipinski definition) is 6. The number of hydrogen-bond donors (Lipinski definition) is 1. The van der Waals surface area contributed by atoms with Gasteiger partial charge < -0.3 is 0 Å². The summed E-state index contributed by atoms with van der Waals surface area (Å²) in [5, 5.41) is 5.88. The minimum atomic E-state index is -0.954. The van der Waals surface area contributed by atoms with Crippen molar-refractivity contribution < 1.29 is 9.59 Å². The van der Waals surface area contributed by atoms with E-state index in [1.54, 1.807) is 12.1 Å². The monoisotopic (exact) mass is 574 g/mol. The molecule has 0 spiro atoms. The van der Waals surface area contributed by atoms with E-state index in [9.17, 15) is 9.59 Å². The molecule has 2 atom stereocenters. The molecule has 6 nitrogen and oxygen atoms in total. The quantitative estimate of drug-likeness (QED) is 0.144. The fraction of sp³-hybridized carbons (Fsp3) is 0.152. The van der Waals surface area contributed by atoms with Crippen LogP contribution in [0.2, 0.25) is 5.02 Å². The maximum atomic E-state index is 14.5. The molecule has 0 radical (unpaired) electrons. The zero-order valence-electron chi connectivity index (χ0n) is 21.9. The SMILES string of the molecule is Cc1ccc(Cl)cc1N1C(=O)[C@@H]2[C@@H](C1=O)C1c3ccccc3C2(/C=N\Nc2nc3ccccc3s2)c2ccccc21. The summed E-state index contributed by atoms with van der Waals surface area (Å²) in [7, 11) is 0. The predicted octanol–water partition coefficient (Wildman–Crippen LogP) is 6.91. The molecule has 2 amide bonds. The summed E-state index contributed by atoms with van der Waals surface area (Å²) < 4.78 is 1.06. The molecular formula is C33H23ClN4O2S. The fourth-order valence-electron chi connectivity index (χ4n) is 7.22. The molecule has 1 aliphatic heterocycles. The smallest absolute Gasteiger partial charge is 0.239 e. The molecule has 1 N–H and O–H groups in total. The van der Waals surface area contributed by atoms with Crippen LogP contribution in [0.3, 0.4) is 0 Å². The molecule has 200 valence electrons. The molecule has 3 aliphatic carbocycles. The Hall–Kier alpha value is -4.33. The molecule has 2 heterocycles. The molecule has 0 saturated carbocycles. The van der Waals surface area contributed by atoms with Crippen molar-refractivity contribution >= 4 is 62.0 Å². The van der Waals surface area contributed by atoms with Gasteiger partial charge in [0.2, 0.25) is 16.9 Å². The van der Waals surface area contributed by atoms with Crippen LogP contribution in [-0.2, 0) is 15.0 Å². The highest BCUT2D eigenvalue weighted by Gasteiger charge is 2.68. The van der Waals surface area contributed by atoms with Gasteiger partial charge in [-0.1, -0.05) is 89.7 Å². The molecule has 41 heavy (non-hydrogen) atoms. The predicted molar refractivity (Wildman–Crippen MR) is 163 cm³/mol. The second kappa shape index (κ2) is 8.83. The Labute approximate surface area is 245 Å². The van der Waals surface area contributed by atoms with Crippen molar-refractivity contribution in [2.24, 2.45) is 16.9 Å². The average Bonchev–Trinajstić information content (AvgIpc) is 3.53. The Morgan fingerprint density at radius 2 is 1.61 bits per heavy atom. The van der Waals surface area contributed by atoms with E-state index in [2.05, 4.69) is 34.7 Å². The first kappa shape index (κ1) is 24.5. The van der Waals surface area contributed by atoms with Crippen LogP contribution in [0.1, 0.15) is 33.7 Å². The fourth-order valence-corrected chi connectivity index (χ4v) is 8.20. The number of benzene rings is 4. The van der Waals surface area contributed by atoms with Crippen LogP contribution >= 0.6 is 22.9 Å². The van der Waals surface area contributed by atoms with Crippen molar-refractivity contribution in [2.45, 2.75) is 18.3 Å². The van der Waals surface area contributed by atoms with Gasteiger partial charge in [0.15, 0.2) is 0 Å². The highest BCUT2D eigenvalue weighted by Crippen LogP contribution is 2.63. The third-order valence-corrected chi connectivity index (χ3v) is 9.99. The minimum Gasteiger partial charge on any atom is -0.274 e. The maximum absolute atomic E-state index is 14.5. The van der Waals surface area contributed by atoms with Crippen LogP contribution < -0.4 is 10.3 Å². The number of imide groups is 1. The lowest BCUT2D eigenvalue weighted by Gasteiger charge is -2.52. The number of carbonyl (C=O) groups excluding carboxylic acids is 2. The Morgan fingerprint density at radius 3 is 2.34 bits per heavy atom. The van der Waals surface area contributed by atoms with Gasteiger partial charge in [-0.05, 0) is 59.0 Å². The minimum absolute atomic E-state index is 0.198. The number of nitrogens with one attached hydrogen (secondary N) is 1. The Morgan fingerprint density at radius 1 is 0.927 bits per heavy atom. The molecule has 1 fully saturated rings. The van der Waals surface area contributed by atoms with Gasteiger partial charge in [0.25, 0.3) is 0 Å². The number of rotatable bonds is 4. The average molecular weight is 575 g/mol.